The summed E-state index contributed by atoms with van der Waals surface area (Å²) in [4.78, 5) is 27.9. The van der Waals surface area contributed by atoms with Gasteiger partial charge in [0.25, 0.3) is 5.91 Å². The van der Waals surface area contributed by atoms with E-state index in [1.165, 1.54) is 12.8 Å². The molecule has 0 spiro atoms. The topological polar surface area (TPSA) is 72.9 Å². The SMILES string of the molecule is CCN(CC)c1ccc(C(=O)NC2CC(N(CC(=O)O)CC3CC3)C2)cc1. The Kier molecular flexibility index (Phi) is 6.37. The molecule has 2 saturated carbocycles. The van der Waals surface area contributed by atoms with E-state index >= 15 is 0 Å². The summed E-state index contributed by atoms with van der Waals surface area (Å²) >= 11 is 0. The first kappa shape index (κ1) is 19.7. The van der Waals surface area contributed by atoms with Crippen molar-refractivity contribution in [3.05, 3.63) is 29.8 Å². The monoisotopic (exact) mass is 373 g/mol. The summed E-state index contributed by atoms with van der Waals surface area (Å²) in [6.45, 7) is 7.11. The van der Waals surface area contributed by atoms with Gasteiger partial charge in [-0.2, -0.15) is 0 Å². The van der Waals surface area contributed by atoms with Gasteiger partial charge in [-0.1, -0.05) is 0 Å². The van der Waals surface area contributed by atoms with Crippen LogP contribution in [0.15, 0.2) is 24.3 Å². The molecule has 0 bridgehead atoms. The van der Waals surface area contributed by atoms with E-state index in [-0.39, 0.29) is 24.5 Å². The summed E-state index contributed by atoms with van der Waals surface area (Å²) in [5.74, 6) is -0.143. The fourth-order valence-corrected chi connectivity index (χ4v) is 3.83. The fraction of sp³-hybridized carbons (Fsp3) is 0.619. The van der Waals surface area contributed by atoms with Crippen LogP contribution in [0.2, 0.25) is 0 Å². The predicted molar refractivity (Wildman–Crippen MR) is 106 cm³/mol. The average Bonchev–Trinajstić information content (AvgIpc) is 3.42. The van der Waals surface area contributed by atoms with Crippen molar-refractivity contribution in [2.75, 3.05) is 31.1 Å². The Morgan fingerprint density at radius 2 is 1.74 bits per heavy atom. The minimum atomic E-state index is -0.767. The van der Waals surface area contributed by atoms with E-state index in [9.17, 15) is 9.59 Å². The maximum Gasteiger partial charge on any atom is 0.317 e. The average molecular weight is 373 g/mol. The molecule has 1 aromatic rings. The standard InChI is InChI=1S/C21H31N3O3/c1-3-23(4-2)18-9-7-16(8-10-18)21(27)22-17-11-19(12-17)24(14-20(25)26)13-15-5-6-15/h7-10,15,17,19H,3-6,11-14H2,1-2H3,(H,22,27)(H,25,26). The third-order valence-corrected chi connectivity index (χ3v) is 5.75. The molecule has 0 aliphatic heterocycles. The van der Waals surface area contributed by atoms with E-state index in [0.717, 1.165) is 38.2 Å². The number of carboxylic acids is 1. The third-order valence-electron chi connectivity index (χ3n) is 5.75. The Morgan fingerprint density at radius 3 is 2.26 bits per heavy atom. The second kappa shape index (κ2) is 8.74. The van der Waals surface area contributed by atoms with Gasteiger partial charge >= 0.3 is 5.97 Å². The van der Waals surface area contributed by atoms with Crippen molar-refractivity contribution < 1.29 is 14.7 Å². The Bertz CT molecular complexity index is 647. The van der Waals surface area contributed by atoms with Gasteiger partial charge in [0.1, 0.15) is 0 Å². The number of nitrogens with zero attached hydrogens (tertiary/aromatic N) is 2. The molecule has 0 atom stereocenters. The van der Waals surface area contributed by atoms with Crippen molar-refractivity contribution in [3.8, 4) is 0 Å². The second-order valence-electron chi connectivity index (χ2n) is 7.78. The largest absolute Gasteiger partial charge is 0.480 e. The van der Waals surface area contributed by atoms with Gasteiger partial charge in [0.05, 0.1) is 6.54 Å². The Morgan fingerprint density at radius 1 is 1.11 bits per heavy atom. The Labute approximate surface area is 161 Å². The lowest BCUT2D eigenvalue weighted by atomic mass is 9.85. The molecule has 27 heavy (non-hydrogen) atoms. The summed E-state index contributed by atoms with van der Waals surface area (Å²) in [5.41, 5.74) is 1.80. The van der Waals surface area contributed by atoms with Gasteiger partial charge in [0, 0.05) is 43.0 Å². The molecule has 0 saturated heterocycles. The molecular formula is C21H31N3O3. The lowest BCUT2D eigenvalue weighted by Gasteiger charge is -2.42. The Hall–Kier alpha value is -2.08. The zero-order valence-corrected chi connectivity index (χ0v) is 16.4. The number of hydrogen-bond donors (Lipinski definition) is 2. The van der Waals surface area contributed by atoms with Gasteiger partial charge in [0.15, 0.2) is 0 Å². The Balaban J connectivity index is 1.48. The molecule has 0 aromatic heterocycles. The number of nitrogens with one attached hydrogen (secondary N) is 1. The number of benzene rings is 1. The fourth-order valence-electron chi connectivity index (χ4n) is 3.83. The quantitative estimate of drug-likeness (QED) is 0.660. The first-order valence-corrected chi connectivity index (χ1v) is 10.1. The van der Waals surface area contributed by atoms with Gasteiger partial charge in [0.2, 0.25) is 0 Å². The van der Waals surface area contributed by atoms with Crippen LogP contribution in [0.1, 0.15) is 49.9 Å². The molecule has 2 aliphatic rings. The highest BCUT2D eigenvalue weighted by molar-refractivity contribution is 5.94. The number of rotatable bonds is 10. The van der Waals surface area contributed by atoms with Crippen LogP contribution in [0.4, 0.5) is 5.69 Å². The maximum atomic E-state index is 12.5. The number of aliphatic carboxylic acids is 1. The molecular weight excluding hydrogens is 342 g/mol. The van der Waals surface area contributed by atoms with Crippen LogP contribution in [-0.4, -0.2) is 60.1 Å². The summed E-state index contributed by atoms with van der Waals surface area (Å²) < 4.78 is 0. The van der Waals surface area contributed by atoms with Gasteiger partial charge in [-0.05, 0) is 69.7 Å². The molecule has 2 N–H and O–H groups in total. The minimum absolute atomic E-state index is 0.0449. The van der Waals surface area contributed by atoms with Crippen molar-refractivity contribution in [1.29, 1.82) is 0 Å². The predicted octanol–water partition coefficient (Wildman–Crippen LogP) is 2.59. The van der Waals surface area contributed by atoms with Crippen LogP contribution in [0.3, 0.4) is 0 Å². The van der Waals surface area contributed by atoms with E-state index in [0.29, 0.717) is 11.5 Å². The summed E-state index contributed by atoms with van der Waals surface area (Å²) in [7, 11) is 0. The summed E-state index contributed by atoms with van der Waals surface area (Å²) in [6.07, 6.45) is 4.10. The smallest absolute Gasteiger partial charge is 0.317 e. The molecule has 1 amide bonds. The zero-order chi connectivity index (χ0) is 19.4. The number of anilines is 1. The van der Waals surface area contributed by atoms with E-state index in [4.69, 9.17) is 5.11 Å². The highest BCUT2D eigenvalue weighted by Crippen LogP contribution is 2.33. The van der Waals surface area contributed by atoms with Crippen LogP contribution < -0.4 is 10.2 Å². The maximum absolute atomic E-state index is 12.5. The lowest BCUT2D eigenvalue weighted by Crippen LogP contribution is -2.55. The van der Waals surface area contributed by atoms with Crippen LogP contribution in [0.5, 0.6) is 0 Å². The van der Waals surface area contributed by atoms with Crippen molar-refractivity contribution in [2.24, 2.45) is 5.92 Å². The van der Waals surface area contributed by atoms with E-state index in [1.54, 1.807) is 0 Å². The molecule has 6 nitrogen and oxygen atoms in total. The zero-order valence-electron chi connectivity index (χ0n) is 16.4. The molecule has 2 aliphatic carbocycles. The van der Waals surface area contributed by atoms with E-state index < -0.39 is 5.97 Å². The summed E-state index contributed by atoms with van der Waals surface area (Å²) in [6, 6.07) is 8.16. The molecule has 148 valence electrons. The number of carbonyl (C=O) groups is 2. The van der Waals surface area contributed by atoms with E-state index in [1.807, 2.05) is 24.3 Å². The number of carbonyl (C=O) groups excluding carboxylic acids is 1. The minimum Gasteiger partial charge on any atom is -0.480 e. The molecule has 0 heterocycles. The van der Waals surface area contributed by atoms with Crippen LogP contribution in [0.25, 0.3) is 0 Å². The van der Waals surface area contributed by atoms with Crippen molar-refractivity contribution >= 4 is 17.6 Å². The number of hydrogen-bond acceptors (Lipinski definition) is 4. The van der Waals surface area contributed by atoms with Crippen LogP contribution in [-0.2, 0) is 4.79 Å². The van der Waals surface area contributed by atoms with Crippen molar-refractivity contribution in [1.82, 2.24) is 10.2 Å². The molecule has 2 fully saturated rings. The third kappa shape index (κ3) is 5.22. The molecule has 0 unspecified atom stereocenters. The highest BCUT2D eigenvalue weighted by atomic mass is 16.4. The van der Waals surface area contributed by atoms with Crippen molar-refractivity contribution in [3.63, 3.8) is 0 Å². The number of carboxylic acid groups (broad SMARTS) is 1. The normalized spacial score (nSPS) is 21.6. The van der Waals surface area contributed by atoms with Gasteiger partial charge in [-0.25, -0.2) is 0 Å². The second-order valence-corrected chi connectivity index (χ2v) is 7.78. The first-order chi connectivity index (χ1) is 13.0. The number of amides is 1. The molecule has 3 rings (SSSR count). The molecule has 0 radical (unpaired) electrons. The summed E-state index contributed by atoms with van der Waals surface area (Å²) in [5, 5.41) is 12.2. The van der Waals surface area contributed by atoms with Gasteiger partial charge in [-0.3, -0.25) is 14.5 Å². The molecule has 6 heteroatoms. The van der Waals surface area contributed by atoms with E-state index in [2.05, 4.69) is 29.0 Å². The highest BCUT2D eigenvalue weighted by Gasteiger charge is 2.37. The van der Waals surface area contributed by atoms with Gasteiger partial charge in [-0.15, -0.1) is 0 Å². The van der Waals surface area contributed by atoms with Crippen LogP contribution >= 0.6 is 0 Å². The lowest BCUT2D eigenvalue weighted by molar-refractivity contribution is -0.139. The first-order valence-electron chi connectivity index (χ1n) is 10.1. The van der Waals surface area contributed by atoms with Crippen LogP contribution in [0, 0.1) is 5.92 Å². The molecule has 1 aromatic carbocycles. The van der Waals surface area contributed by atoms with Crippen molar-refractivity contribution in [2.45, 2.75) is 51.6 Å². The van der Waals surface area contributed by atoms with Gasteiger partial charge < -0.3 is 15.3 Å².